The van der Waals surface area contributed by atoms with Crippen LogP contribution < -0.4 is 0 Å². The van der Waals surface area contributed by atoms with Crippen LogP contribution in [0.4, 0.5) is 0 Å². The molecule has 5 heteroatoms. The van der Waals surface area contributed by atoms with Gasteiger partial charge in [0.05, 0.1) is 16.8 Å². The van der Waals surface area contributed by atoms with E-state index >= 15 is 0 Å². The minimum Gasteiger partial charge on any atom is -0.461 e. The summed E-state index contributed by atoms with van der Waals surface area (Å²) in [5.74, 6) is -0.356. The number of carbonyl (C=O) groups excluding carboxylic acids is 1. The molecular weight excluding hydrogens is 278 g/mol. The van der Waals surface area contributed by atoms with Gasteiger partial charge in [0.25, 0.3) is 0 Å². The van der Waals surface area contributed by atoms with Crippen molar-refractivity contribution in [2.24, 2.45) is 0 Å². The third-order valence-electron chi connectivity index (χ3n) is 1.82. The van der Waals surface area contributed by atoms with Gasteiger partial charge in [-0.3, -0.25) is 0 Å². The van der Waals surface area contributed by atoms with Crippen molar-refractivity contribution >= 4 is 43.5 Å². The Hall–Kier alpha value is -0.940. The van der Waals surface area contributed by atoms with Crippen molar-refractivity contribution in [1.82, 2.24) is 4.98 Å². The minimum atomic E-state index is -0.356. The van der Waals surface area contributed by atoms with Crippen molar-refractivity contribution in [3.8, 4) is 0 Å². The number of esters is 1. The van der Waals surface area contributed by atoms with Crippen LogP contribution in [0.25, 0.3) is 10.2 Å². The van der Waals surface area contributed by atoms with E-state index in [2.05, 4.69) is 20.9 Å². The molecular formula is C10H8BrNO2S. The molecule has 0 amide bonds. The van der Waals surface area contributed by atoms with Crippen molar-refractivity contribution in [2.45, 2.75) is 6.92 Å². The highest BCUT2D eigenvalue weighted by Gasteiger charge is 2.13. The Kier molecular flexibility index (Phi) is 3.02. The van der Waals surface area contributed by atoms with Crippen molar-refractivity contribution in [2.75, 3.05) is 6.61 Å². The fourth-order valence-corrected chi connectivity index (χ4v) is 2.66. The van der Waals surface area contributed by atoms with Crippen LogP contribution in [-0.2, 0) is 4.74 Å². The van der Waals surface area contributed by atoms with E-state index in [4.69, 9.17) is 4.74 Å². The summed E-state index contributed by atoms with van der Waals surface area (Å²) in [7, 11) is 0. The molecule has 0 saturated heterocycles. The molecule has 0 aliphatic heterocycles. The highest BCUT2D eigenvalue weighted by atomic mass is 79.9. The van der Waals surface area contributed by atoms with Gasteiger partial charge in [0.15, 0.2) is 0 Å². The van der Waals surface area contributed by atoms with Gasteiger partial charge in [-0.2, -0.15) is 0 Å². The van der Waals surface area contributed by atoms with Crippen LogP contribution in [0.2, 0.25) is 0 Å². The molecule has 0 unspecified atom stereocenters. The van der Waals surface area contributed by atoms with E-state index in [1.165, 1.54) is 11.3 Å². The summed E-state index contributed by atoms with van der Waals surface area (Å²) in [5.41, 5.74) is 0.817. The van der Waals surface area contributed by atoms with Gasteiger partial charge in [-0.25, -0.2) is 9.78 Å². The third-order valence-corrected chi connectivity index (χ3v) is 3.82. The summed E-state index contributed by atoms with van der Waals surface area (Å²) in [6, 6.07) is 5.69. The Morgan fingerprint density at radius 2 is 2.40 bits per heavy atom. The summed E-state index contributed by atoms with van der Waals surface area (Å²) >= 11 is 4.76. The van der Waals surface area contributed by atoms with Gasteiger partial charge in [-0.05, 0) is 35.0 Å². The molecule has 0 spiro atoms. The maximum absolute atomic E-state index is 11.4. The summed E-state index contributed by atoms with van der Waals surface area (Å²) in [6.07, 6.45) is 0. The number of hydrogen-bond donors (Lipinski definition) is 0. The van der Waals surface area contributed by atoms with E-state index in [0.29, 0.717) is 11.6 Å². The van der Waals surface area contributed by atoms with Crippen molar-refractivity contribution in [3.63, 3.8) is 0 Å². The molecule has 0 fully saturated rings. The first-order valence-electron chi connectivity index (χ1n) is 4.44. The lowest BCUT2D eigenvalue weighted by Crippen LogP contribution is -2.03. The number of fused-ring (bicyclic) bond motifs is 1. The number of halogens is 1. The fourth-order valence-electron chi connectivity index (χ4n) is 1.20. The average Bonchev–Trinajstić information content (AvgIpc) is 2.63. The van der Waals surface area contributed by atoms with Gasteiger partial charge in [-0.1, -0.05) is 6.07 Å². The number of nitrogens with zero attached hydrogens (tertiary/aromatic N) is 1. The molecule has 1 heterocycles. The third kappa shape index (κ3) is 2.03. The standard InChI is InChI=1S/C10H8BrNO2S/c1-2-14-10(13)9-12-7-5-3-4-6(11)8(7)15-9/h3-5H,2H2,1H3. The largest absolute Gasteiger partial charge is 0.461 e. The summed E-state index contributed by atoms with van der Waals surface area (Å²) in [6.45, 7) is 2.15. The maximum atomic E-state index is 11.4. The van der Waals surface area contributed by atoms with E-state index in [1.807, 2.05) is 18.2 Å². The number of hydrogen-bond acceptors (Lipinski definition) is 4. The van der Waals surface area contributed by atoms with E-state index in [0.717, 1.165) is 14.7 Å². The molecule has 0 aliphatic rings. The first kappa shape index (κ1) is 10.6. The van der Waals surface area contributed by atoms with Crippen molar-refractivity contribution < 1.29 is 9.53 Å². The Bertz CT molecular complexity index is 509. The summed E-state index contributed by atoms with van der Waals surface area (Å²) in [5, 5.41) is 0.402. The number of carbonyl (C=O) groups is 1. The number of aromatic nitrogens is 1. The molecule has 78 valence electrons. The Balaban J connectivity index is 2.47. The van der Waals surface area contributed by atoms with Crippen molar-refractivity contribution in [1.29, 1.82) is 0 Å². The second-order valence-corrected chi connectivity index (χ2v) is 4.68. The Labute approximate surface area is 99.2 Å². The fraction of sp³-hybridized carbons (Fsp3) is 0.200. The minimum absolute atomic E-state index is 0.356. The topological polar surface area (TPSA) is 39.2 Å². The van der Waals surface area contributed by atoms with E-state index in [9.17, 15) is 4.79 Å². The predicted molar refractivity (Wildman–Crippen MR) is 63.3 cm³/mol. The number of benzene rings is 1. The van der Waals surface area contributed by atoms with Gasteiger partial charge in [0.1, 0.15) is 0 Å². The summed E-state index contributed by atoms with van der Waals surface area (Å²) in [4.78, 5) is 15.6. The second kappa shape index (κ2) is 4.28. The molecule has 0 radical (unpaired) electrons. The molecule has 2 rings (SSSR count). The lowest BCUT2D eigenvalue weighted by atomic mass is 10.3. The Morgan fingerprint density at radius 1 is 1.60 bits per heavy atom. The van der Waals surface area contributed by atoms with Crippen molar-refractivity contribution in [3.05, 3.63) is 27.7 Å². The zero-order valence-corrected chi connectivity index (χ0v) is 10.4. The van der Waals surface area contributed by atoms with Crippen LogP contribution >= 0.6 is 27.3 Å². The average molecular weight is 286 g/mol. The molecule has 1 aromatic heterocycles. The molecule has 0 bridgehead atoms. The van der Waals surface area contributed by atoms with Crippen LogP contribution in [0, 0.1) is 0 Å². The quantitative estimate of drug-likeness (QED) is 0.796. The van der Waals surface area contributed by atoms with Gasteiger partial charge >= 0.3 is 5.97 Å². The monoisotopic (exact) mass is 285 g/mol. The highest BCUT2D eigenvalue weighted by molar-refractivity contribution is 9.10. The lowest BCUT2D eigenvalue weighted by Gasteiger charge is -1.94. The molecule has 3 nitrogen and oxygen atoms in total. The molecule has 2 aromatic rings. The van der Waals surface area contributed by atoms with E-state index in [1.54, 1.807) is 6.92 Å². The number of rotatable bonds is 2. The van der Waals surface area contributed by atoms with E-state index in [-0.39, 0.29) is 5.97 Å². The van der Waals surface area contributed by atoms with Crippen LogP contribution in [0.5, 0.6) is 0 Å². The van der Waals surface area contributed by atoms with Crippen LogP contribution in [-0.4, -0.2) is 17.6 Å². The van der Waals surface area contributed by atoms with Crippen LogP contribution in [0.3, 0.4) is 0 Å². The van der Waals surface area contributed by atoms with Gasteiger partial charge in [0, 0.05) is 4.47 Å². The number of ether oxygens (including phenoxy) is 1. The van der Waals surface area contributed by atoms with E-state index < -0.39 is 0 Å². The lowest BCUT2D eigenvalue weighted by molar-refractivity contribution is 0.0526. The van der Waals surface area contributed by atoms with Gasteiger partial charge in [0.2, 0.25) is 5.01 Å². The zero-order chi connectivity index (χ0) is 10.8. The molecule has 0 atom stereocenters. The maximum Gasteiger partial charge on any atom is 0.367 e. The molecule has 1 aromatic carbocycles. The van der Waals surface area contributed by atoms with Gasteiger partial charge < -0.3 is 4.74 Å². The van der Waals surface area contributed by atoms with Crippen LogP contribution in [0.1, 0.15) is 16.7 Å². The highest BCUT2D eigenvalue weighted by Crippen LogP contribution is 2.29. The zero-order valence-electron chi connectivity index (χ0n) is 7.99. The Morgan fingerprint density at radius 3 is 3.07 bits per heavy atom. The predicted octanol–water partition coefficient (Wildman–Crippen LogP) is 3.24. The first-order chi connectivity index (χ1) is 7.22. The molecule has 0 saturated carbocycles. The molecule has 0 N–H and O–H groups in total. The smallest absolute Gasteiger partial charge is 0.367 e. The SMILES string of the molecule is CCOC(=O)c1nc2cccc(Br)c2s1. The summed E-state index contributed by atoms with van der Waals surface area (Å²) < 4.78 is 6.82. The molecule has 15 heavy (non-hydrogen) atoms. The first-order valence-corrected chi connectivity index (χ1v) is 6.05. The number of thiazole rings is 1. The van der Waals surface area contributed by atoms with Crippen LogP contribution in [0.15, 0.2) is 22.7 Å². The second-order valence-electron chi connectivity index (χ2n) is 2.83. The normalized spacial score (nSPS) is 10.5. The van der Waals surface area contributed by atoms with Gasteiger partial charge in [-0.15, -0.1) is 11.3 Å². The molecule has 0 aliphatic carbocycles.